The summed E-state index contributed by atoms with van der Waals surface area (Å²) >= 11 is 6.10. The van der Waals surface area contributed by atoms with E-state index in [4.69, 9.17) is 26.5 Å². The summed E-state index contributed by atoms with van der Waals surface area (Å²) in [5.41, 5.74) is 2.38. The van der Waals surface area contributed by atoms with Crippen molar-refractivity contribution in [3.05, 3.63) is 99.6 Å². The average Bonchev–Trinajstić information content (AvgIpc) is 3.75. The second-order valence-electron chi connectivity index (χ2n) is 15.4. The summed E-state index contributed by atoms with van der Waals surface area (Å²) in [6.45, 7) is 4.39. The number of imide groups is 2. The van der Waals surface area contributed by atoms with E-state index in [0.29, 0.717) is 58.7 Å². The van der Waals surface area contributed by atoms with Gasteiger partial charge in [-0.15, -0.1) is 10.2 Å². The molecular formula is C45H51ClN8O8. The Kier molecular flexibility index (Phi) is 15.2. The van der Waals surface area contributed by atoms with Crippen LogP contribution in [0, 0.1) is 18.3 Å². The van der Waals surface area contributed by atoms with Crippen molar-refractivity contribution in [3.63, 3.8) is 0 Å². The van der Waals surface area contributed by atoms with Gasteiger partial charge in [0.1, 0.15) is 29.2 Å². The minimum atomic E-state index is -1.09. The fraction of sp³-hybridized carbons (Fsp3) is 0.400. The first kappa shape index (κ1) is 45.1. The molecule has 0 bridgehead atoms. The molecule has 16 nitrogen and oxygen atoms in total. The molecule has 1 aromatic heterocycles. The number of aromatic nitrogens is 3. The average molecular weight is 867 g/mol. The molecule has 0 spiro atoms. The van der Waals surface area contributed by atoms with Crippen molar-refractivity contribution < 1.29 is 38.2 Å². The third-order valence-corrected chi connectivity index (χ3v) is 11.2. The van der Waals surface area contributed by atoms with Crippen LogP contribution in [0.25, 0.3) is 5.69 Å². The monoisotopic (exact) mass is 866 g/mol. The van der Waals surface area contributed by atoms with Gasteiger partial charge in [0.2, 0.25) is 17.7 Å². The fourth-order valence-corrected chi connectivity index (χ4v) is 7.70. The highest BCUT2D eigenvalue weighted by molar-refractivity contribution is 6.30. The molecule has 6 amide bonds. The summed E-state index contributed by atoms with van der Waals surface area (Å²) in [7, 11) is 1.58. The molecule has 1 fully saturated rings. The van der Waals surface area contributed by atoms with E-state index >= 15 is 0 Å². The van der Waals surface area contributed by atoms with Gasteiger partial charge in [-0.05, 0) is 68.7 Å². The summed E-state index contributed by atoms with van der Waals surface area (Å²) in [4.78, 5) is 76.7. The van der Waals surface area contributed by atoms with Gasteiger partial charge in [-0.3, -0.25) is 49.0 Å². The molecule has 17 heteroatoms. The maximum Gasteiger partial charge on any atom is 0.266 e. The number of carbonyl (C=O) groups excluding carboxylic acids is 6. The largest absolute Gasteiger partial charge is 0.497 e. The van der Waals surface area contributed by atoms with E-state index in [1.54, 1.807) is 37.4 Å². The van der Waals surface area contributed by atoms with E-state index in [1.807, 2.05) is 36.6 Å². The van der Waals surface area contributed by atoms with Crippen molar-refractivity contribution in [2.45, 2.75) is 84.1 Å². The highest BCUT2D eigenvalue weighted by atomic mass is 35.5. The lowest BCUT2D eigenvalue weighted by atomic mass is 9.99. The minimum absolute atomic E-state index is 0.00486. The molecule has 62 heavy (non-hydrogen) atoms. The molecule has 6 rings (SSSR count). The van der Waals surface area contributed by atoms with Gasteiger partial charge in [0.15, 0.2) is 6.61 Å². The molecule has 0 saturated carbocycles. The van der Waals surface area contributed by atoms with Crippen molar-refractivity contribution in [2.75, 3.05) is 26.8 Å². The maximum absolute atomic E-state index is 13.2. The zero-order chi connectivity index (χ0) is 44.3. The van der Waals surface area contributed by atoms with Crippen molar-refractivity contribution >= 4 is 52.8 Å². The molecule has 0 radical (unpaired) electrons. The van der Waals surface area contributed by atoms with Gasteiger partial charge in [-0.1, -0.05) is 68.8 Å². The molecule has 4 N–H and O–H groups in total. The second kappa shape index (κ2) is 20.9. The summed E-state index contributed by atoms with van der Waals surface area (Å²) in [6.07, 6.45) is 7.00. The Bertz CT molecular complexity index is 2350. The van der Waals surface area contributed by atoms with Crippen LogP contribution in [-0.2, 0) is 25.6 Å². The normalized spacial score (nSPS) is 15.2. The number of hydrogen-bond donors (Lipinski definition) is 4. The predicted molar refractivity (Wildman–Crippen MR) is 230 cm³/mol. The van der Waals surface area contributed by atoms with Gasteiger partial charge in [-0.25, -0.2) is 0 Å². The number of halogens is 1. The molecular weight excluding hydrogens is 816 g/mol. The van der Waals surface area contributed by atoms with E-state index < -0.39 is 29.7 Å². The van der Waals surface area contributed by atoms with E-state index in [2.05, 4.69) is 26.1 Å². The second-order valence-corrected chi connectivity index (χ2v) is 15.8. The smallest absolute Gasteiger partial charge is 0.266 e. The molecule has 3 aromatic carbocycles. The lowest BCUT2D eigenvalue weighted by Crippen LogP contribution is -2.54. The summed E-state index contributed by atoms with van der Waals surface area (Å²) in [5, 5.41) is 26.4. The molecule has 2 aliphatic rings. The fourth-order valence-electron chi connectivity index (χ4n) is 7.57. The lowest BCUT2D eigenvalue weighted by Gasteiger charge is -2.27. The number of carbonyl (C=O) groups is 6. The Morgan fingerprint density at radius 3 is 2.31 bits per heavy atom. The van der Waals surface area contributed by atoms with E-state index in [9.17, 15) is 28.8 Å². The Morgan fingerprint density at radius 2 is 1.61 bits per heavy atom. The molecule has 1 saturated heterocycles. The lowest BCUT2D eigenvalue weighted by molar-refractivity contribution is -0.136. The predicted octanol–water partition coefficient (Wildman–Crippen LogP) is 5.28. The summed E-state index contributed by atoms with van der Waals surface area (Å²) in [5.74, 6) is -1.38. The third kappa shape index (κ3) is 10.7. The number of hydrogen-bond acceptors (Lipinski definition) is 11. The molecule has 0 aliphatic carbocycles. The zero-order valence-corrected chi connectivity index (χ0v) is 35.8. The van der Waals surface area contributed by atoms with Gasteiger partial charge in [0.05, 0.1) is 29.6 Å². The zero-order valence-electron chi connectivity index (χ0n) is 35.1. The SMILES string of the molecule is COc1ccc(-n2c(C)nnc2C[C@@H](C)C(=O)NCCCCCCCCCNC(=O)COc2cccc3c2C(=O)N(C2CCC(=O)NC2=O)C3=O)c(C(=N)c2ccc(Cl)cc2)c1. The molecule has 1 unspecified atom stereocenters. The number of ether oxygens (including phenoxy) is 2. The number of nitrogens with zero attached hydrogens (tertiary/aromatic N) is 4. The molecule has 2 atom stereocenters. The number of rotatable bonds is 21. The van der Waals surface area contributed by atoms with Gasteiger partial charge in [-0.2, -0.15) is 0 Å². The number of amides is 6. The quantitative estimate of drug-likeness (QED) is 0.0483. The van der Waals surface area contributed by atoms with Crippen LogP contribution in [0.4, 0.5) is 0 Å². The van der Waals surface area contributed by atoms with Crippen LogP contribution in [0.2, 0.25) is 5.02 Å². The van der Waals surface area contributed by atoms with E-state index in [-0.39, 0.29) is 59.8 Å². The number of nitrogens with one attached hydrogen (secondary N) is 4. The van der Waals surface area contributed by atoms with Crippen LogP contribution in [0.3, 0.4) is 0 Å². The number of fused-ring (bicyclic) bond motifs is 1. The number of benzene rings is 3. The Hall–Kier alpha value is -6.42. The van der Waals surface area contributed by atoms with Crippen molar-refractivity contribution in [3.8, 4) is 17.2 Å². The molecule has 326 valence electrons. The highest BCUT2D eigenvalue weighted by Gasteiger charge is 2.46. The highest BCUT2D eigenvalue weighted by Crippen LogP contribution is 2.34. The number of methoxy groups -OCH3 is 1. The van der Waals surface area contributed by atoms with Crippen LogP contribution >= 0.6 is 11.6 Å². The Labute approximate surface area is 364 Å². The number of unbranched alkanes of at least 4 members (excludes halogenated alkanes) is 6. The molecule has 3 heterocycles. The Balaban J connectivity index is 0.857. The van der Waals surface area contributed by atoms with Crippen molar-refractivity contribution in [1.29, 1.82) is 5.41 Å². The van der Waals surface area contributed by atoms with Crippen LogP contribution < -0.4 is 25.4 Å². The molecule has 4 aromatic rings. The first-order chi connectivity index (χ1) is 29.9. The van der Waals surface area contributed by atoms with Gasteiger partial charge < -0.3 is 20.1 Å². The van der Waals surface area contributed by atoms with Gasteiger partial charge >= 0.3 is 0 Å². The van der Waals surface area contributed by atoms with Gasteiger partial charge in [0, 0.05) is 48.0 Å². The standard InChI is InChI=1S/C45H51ClN8O8/c1-27(24-37-52-51-28(2)53(37)34-19-18-31(61-3)25-33(34)41(47)29-14-16-30(46)17-15-29)42(57)49-23-10-8-6-4-5-7-9-22-48-39(56)26-62-36-13-11-12-32-40(36)45(60)54(44(32)59)35-20-21-38(55)50-43(35)58/h11-19,25,27,35,47H,4-10,20-24,26H2,1-3H3,(H,48,56)(H,49,57)(H,50,55,58)/t27-,35?/m1/s1. The van der Waals surface area contributed by atoms with E-state index in [0.717, 1.165) is 49.8 Å². The van der Waals surface area contributed by atoms with Crippen LogP contribution in [-0.4, -0.2) is 93.7 Å². The van der Waals surface area contributed by atoms with Crippen molar-refractivity contribution in [2.24, 2.45) is 5.92 Å². The summed E-state index contributed by atoms with van der Waals surface area (Å²) in [6, 6.07) is 16.0. The first-order valence-electron chi connectivity index (χ1n) is 20.8. The number of piperidine rings is 1. The third-order valence-electron chi connectivity index (χ3n) is 10.9. The maximum atomic E-state index is 13.2. The van der Waals surface area contributed by atoms with Crippen molar-refractivity contribution in [1.82, 2.24) is 35.6 Å². The Morgan fingerprint density at radius 1 is 0.919 bits per heavy atom. The van der Waals surface area contributed by atoms with Crippen LogP contribution in [0.1, 0.15) is 108 Å². The summed E-state index contributed by atoms with van der Waals surface area (Å²) < 4.78 is 13.0. The first-order valence-corrected chi connectivity index (χ1v) is 21.2. The van der Waals surface area contributed by atoms with Crippen LogP contribution in [0.5, 0.6) is 11.5 Å². The molecule has 2 aliphatic heterocycles. The number of aryl methyl sites for hydroxylation is 1. The van der Waals surface area contributed by atoms with E-state index in [1.165, 1.54) is 12.1 Å². The van der Waals surface area contributed by atoms with Crippen LogP contribution in [0.15, 0.2) is 60.7 Å². The van der Waals surface area contributed by atoms with Gasteiger partial charge in [0.25, 0.3) is 17.7 Å². The topological polar surface area (TPSA) is 215 Å². The minimum Gasteiger partial charge on any atom is -0.497 e.